The van der Waals surface area contributed by atoms with E-state index in [0.29, 0.717) is 33.7 Å². The second-order valence-electron chi connectivity index (χ2n) is 16.2. The average molecular weight is 944 g/mol. The molecule has 0 aliphatic carbocycles. The number of nitrogens with zero attached hydrogens (tertiary/aromatic N) is 4. The summed E-state index contributed by atoms with van der Waals surface area (Å²) in [6.07, 6.45) is -2.22. The fourth-order valence-electron chi connectivity index (χ4n) is 7.18. The monoisotopic (exact) mass is 943 g/mol. The molecule has 4 heterocycles. The van der Waals surface area contributed by atoms with Gasteiger partial charge in [-0.25, -0.2) is 19.7 Å². The molecular formula is C44H53N11O13. The van der Waals surface area contributed by atoms with Crippen molar-refractivity contribution in [1.29, 1.82) is 0 Å². The van der Waals surface area contributed by atoms with Gasteiger partial charge in [-0.2, -0.15) is 0 Å². The molecule has 1 saturated heterocycles. The maximum atomic E-state index is 13.9. The van der Waals surface area contributed by atoms with Gasteiger partial charge in [0.05, 0.1) is 26.1 Å². The molecule has 2 aromatic carbocycles. The van der Waals surface area contributed by atoms with Crippen LogP contribution in [0.3, 0.4) is 0 Å². The predicted octanol–water partition coefficient (Wildman–Crippen LogP) is -0.866. The topological polar surface area (TPSA) is 338 Å². The molecule has 7 amide bonds. The number of anilines is 2. The van der Waals surface area contributed by atoms with Crippen molar-refractivity contribution in [3.8, 4) is 5.75 Å². The van der Waals surface area contributed by atoms with E-state index in [-0.39, 0.29) is 37.7 Å². The lowest BCUT2D eigenvalue weighted by molar-refractivity contribution is -0.185. The molecule has 8 atom stereocenters. The molecule has 2 aliphatic heterocycles. The summed E-state index contributed by atoms with van der Waals surface area (Å²) in [5, 5.41) is 48.5. The van der Waals surface area contributed by atoms with Crippen molar-refractivity contribution in [1.82, 2.24) is 46.1 Å². The largest absolute Gasteiger partial charge is 0.497 e. The smallest absolute Gasteiger partial charge is 0.408 e. The first-order valence-corrected chi connectivity index (χ1v) is 21.5. The predicted molar refractivity (Wildman–Crippen MR) is 239 cm³/mol. The molecule has 68 heavy (non-hydrogen) atoms. The Morgan fingerprint density at radius 1 is 0.853 bits per heavy atom. The molecule has 0 radical (unpaired) electrons. The molecule has 0 bridgehead atoms. The number of aliphatic hydroxyl groups excluding tert-OH is 3. The summed E-state index contributed by atoms with van der Waals surface area (Å²) < 4.78 is 16.6. The van der Waals surface area contributed by atoms with Gasteiger partial charge >= 0.3 is 6.09 Å². The Hall–Kier alpha value is -7.54. The first-order valence-electron chi connectivity index (χ1n) is 21.5. The zero-order valence-corrected chi connectivity index (χ0v) is 37.4. The molecule has 1 fully saturated rings. The molecule has 10 N–H and O–H groups in total. The summed E-state index contributed by atoms with van der Waals surface area (Å²) in [6, 6.07) is 8.27. The van der Waals surface area contributed by atoms with Crippen LogP contribution in [0.5, 0.6) is 5.75 Å². The summed E-state index contributed by atoms with van der Waals surface area (Å²) in [5.74, 6) is -3.22. The minimum absolute atomic E-state index is 0.0532. The Kier molecular flexibility index (Phi) is 16.7. The van der Waals surface area contributed by atoms with Gasteiger partial charge in [0.2, 0.25) is 23.6 Å². The van der Waals surface area contributed by atoms with Gasteiger partial charge in [0.1, 0.15) is 60.6 Å². The van der Waals surface area contributed by atoms with Crippen LogP contribution in [0.15, 0.2) is 73.3 Å². The Bertz CT molecular complexity index is 2460. The molecule has 0 unspecified atom stereocenters. The van der Waals surface area contributed by atoms with Gasteiger partial charge in [0.25, 0.3) is 11.8 Å². The number of benzene rings is 2. The van der Waals surface area contributed by atoms with E-state index in [2.05, 4.69) is 51.8 Å². The highest BCUT2D eigenvalue weighted by Gasteiger charge is 2.46. The highest BCUT2D eigenvalue weighted by molar-refractivity contribution is 6.13. The van der Waals surface area contributed by atoms with Gasteiger partial charge in [0.15, 0.2) is 17.7 Å². The number of amides is 7. The lowest BCUT2D eigenvalue weighted by atomic mass is 9.94. The molecule has 2 aromatic heterocycles. The minimum atomic E-state index is -1.67. The number of aliphatic hydroxyl groups is 3. The molecule has 24 nitrogen and oxygen atoms in total. The lowest BCUT2D eigenvalue weighted by Gasteiger charge is -2.43. The van der Waals surface area contributed by atoms with Crippen molar-refractivity contribution < 1.29 is 63.1 Å². The zero-order chi connectivity index (χ0) is 49.1. The number of hydrogen-bond acceptors (Lipinski definition) is 17. The number of imide groups is 1. The molecule has 0 spiro atoms. The highest BCUT2D eigenvalue weighted by Crippen LogP contribution is 2.25. The number of nitrogens with one attached hydrogen (secondary N) is 7. The van der Waals surface area contributed by atoms with Crippen molar-refractivity contribution >= 4 is 64.2 Å². The first kappa shape index (κ1) is 49.9. The number of carbonyl (C=O) groups excluding carboxylic acids is 7. The van der Waals surface area contributed by atoms with Gasteiger partial charge in [-0.15, -0.1) is 0 Å². The van der Waals surface area contributed by atoms with Crippen LogP contribution in [-0.2, 0) is 51.3 Å². The number of hydrogen-bond donors (Lipinski definition) is 10. The Labute approximate surface area is 388 Å². The minimum Gasteiger partial charge on any atom is -0.497 e. The zero-order valence-electron chi connectivity index (χ0n) is 37.4. The Morgan fingerprint density at radius 2 is 1.54 bits per heavy atom. The fraction of sp³-hybridized carbons (Fsp3) is 0.409. The summed E-state index contributed by atoms with van der Waals surface area (Å²) in [6.45, 7) is 3.78. The molecule has 4 aromatic rings. The third-order valence-corrected chi connectivity index (χ3v) is 11.0. The SMILES string of the molecule is COc1ccc(C[C@@H](NC(=O)OCc2ccc(NC(=O)[C@H](C)NC(=O)[C@@H](NC(=O)CCN3C(=O)C=CC3=O)C(C)C)cc2)C(=O)N[C@@H]2[C@@H](O)[C@H](O)[C@@H](Nc3ncnc4nc[nH]c34)O[C@H]2CO)cc1. The summed E-state index contributed by atoms with van der Waals surface area (Å²) in [5.41, 5.74) is 2.19. The van der Waals surface area contributed by atoms with Crippen LogP contribution in [0.25, 0.3) is 11.2 Å². The van der Waals surface area contributed by atoms with E-state index in [1.54, 1.807) is 62.4 Å². The number of methoxy groups -OCH3 is 1. The standard InChI is InChI=1S/C44H53N11O13/c1-22(2)33(52-30(57)15-16-55-31(58)13-14-32(55)59)42(64)49-23(3)40(62)50-26-9-5-25(6-10-26)19-67-44(65)51-28(17-24-7-11-27(66-4)12-8-24)41(63)53-34-29(18-56)68-43(37(61)36(34)60)54-39-35-38(46-20-45-35)47-21-48-39/h5-14,20-23,28-29,33-34,36-37,43,56,60-61H,15-19H2,1-4H3,(H,49,64)(H,50,62)(H,51,65)(H,52,57)(H,53,63)(H2,45,46,47,48,54)/t23-,28+,29-,33-,34-,36+,37-,43-/m0/s1. The van der Waals surface area contributed by atoms with Crippen molar-refractivity contribution in [2.24, 2.45) is 5.92 Å². The van der Waals surface area contributed by atoms with Crippen molar-refractivity contribution in [2.75, 3.05) is 30.9 Å². The summed E-state index contributed by atoms with van der Waals surface area (Å²) in [4.78, 5) is 105. The number of carbonyl (C=O) groups is 7. The van der Waals surface area contributed by atoms with Crippen molar-refractivity contribution in [2.45, 2.75) is 88.9 Å². The van der Waals surface area contributed by atoms with E-state index in [1.165, 1.54) is 26.7 Å². The number of aromatic nitrogens is 4. The molecule has 2 aliphatic rings. The van der Waals surface area contributed by atoms with Crippen LogP contribution in [0.1, 0.15) is 38.3 Å². The molecule has 24 heteroatoms. The number of aromatic amines is 1. The molecule has 0 saturated carbocycles. The summed E-state index contributed by atoms with van der Waals surface area (Å²) in [7, 11) is 1.49. The van der Waals surface area contributed by atoms with E-state index in [0.717, 1.165) is 17.1 Å². The van der Waals surface area contributed by atoms with E-state index in [1.807, 2.05) is 0 Å². The lowest BCUT2D eigenvalue weighted by Crippen LogP contribution is -2.67. The van der Waals surface area contributed by atoms with Crippen LogP contribution in [0.2, 0.25) is 0 Å². The van der Waals surface area contributed by atoms with E-state index >= 15 is 0 Å². The number of H-pyrrole nitrogens is 1. The molecule has 6 rings (SSSR count). The number of fused-ring (bicyclic) bond motifs is 1. The van der Waals surface area contributed by atoms with E-state index < -0.39 is 96.9 Å². The number of imidazole rings is 1. The second-order valence-corrected chi connectivity index (χ2v) is 16.2. The highest BCUT2D eigenvalue weighted by atomic mass is 16.6. The number of ether oxygens (including phenoxy) is 3. The Morgan fingerprint density at radius 3 is 2.21 bits per heavy atom. The van der Waals surface area contributed by atoms with Gasteiger partial charge in [-0.05, 0) is 48.2 Å². The number of rotatable bonds is 20. The Balaban J connectivity index is 1.01. The first-order chi connectivity index (χ1) is 32.5. The quantitative estimate of drug-likeness (QED) is 0.0482. The number of alkyl carbamates (subject to hydrolysis) is 1. The van der Waals surface area contributed by atoms with Crippen LogP contribution in [0.4, 0.5) is 16.3 Å². The van der Waals surface area contributed by atoms with Gasteiger partial charge in [-0.1, -0.05) is 38.1 Å². The van der Waals surface area contributed by atoms with Gasteiger partial charge < -0.3 is 66.4 Å². The van der Waals surface area contributed by atoms with Crippen LogP contribution in [-0.4, -0.2) is 151 Å². The van der Waals surface area contributed by atoms with Crippen LogP contribution < -0.4 is 36.6 Å². The van der Waals surface area contributed by atoms with E-state index in [4.69, 9.17) is 14.2 Å². The van der Waals surface area contributed by atoms with Crippen molar-refractivity contribution in [3.63, 3.8) is 0 Å². The van der Waals surface area contributed by atoms with Crippen molar-refractivity contribution in [3.05, 3.63) is 84.5 Å². The third kappa shape index (κ3) is 12.7. The maximum absolute atomic E-state index is 13.9. The maximum Gasteiger partial charge on any atom is 0.408 e. The average Bonchev–Trinajstić information content (AvgIpc) is 3.94. The molecular weight excluding hydrogens is 891 g/mol. The van der Waals surface area contributed by atoms with Crippen LogP contribution in [0, 0.1) is 5.92 Å². The van der Waals surface area contributed by atoms with Gasteiger partial charge in [0, 0.05) is 37.2 Å². The third-order valence-electron chi connectivity index (χ3n) is 11.0. The fourth-order valence-corrected chi connectivity index (χ4v) is 7.18. The molecule has 362 valence electrons. The van der Waals surface area contributed by atoms with Gasteiger partial charge in [-0.3, -0.25) is 33.7 Å². The second kappa shape index (κ2) is 22.8. The summed E-state index contributed by atoms with van der Waals surface area (Å²) >= 11 is 0. The van der Waals surface area contributed by atoms with Crippen LogP contribution >= 0.6 is 0 Å². The van der Waals surface area contributed by atoms with E-state index in [9.17, 15) is 48.9 Å². The normalized spacial score (nSPS) is 20.3.